The van der Waals surface area contributed by atoms with E-state index >= 15 is 0 Å². The molecule has 2 N–H and O–H groups in total. The number of likely N-dealkylation sites (N-methyl/N-ethyl adjacent to an activating group) is 1. The van der Waals surface area contributed by atoms with Gasteiger partial charge in [-0.05, 0) is 52.4 Å². The summed E-state index contributed by atoms with van der Waals surface area (Å²) in [6, 6.07) is 9.65. The Hall–Kier alpha value is -1.59. The summed E-state index contributed by atoms with van der Waals surface area (Å²) in [5, 5.41) is 7.15. The first kappa shape index (κ1) is 20.7. The van der Waals surface area contributed by atoms with Crippen molar-refractivity contribution in [1.29, 1.82) is 0 Å². The second-order valence-electron chi connectivity index (χ2n) is 7.60. The predicted octanol–water partition coefficient (Wildman–Crippen LogP) is 2.64. The molecule has 5 nitrogen and oxygen atoms in total. The zero-order valence-electron chi connectivity index (χ0n) is 17.3. The maximum atomic E-state index is 4.44. The number of hydrogen-bond donors (Lipinski definition) is 2. The normalized spacial score (nSPS) is 18.2. The summed E-state index contributed by atoms with van der Waals surface area (Å²) >= 11 is 0. The minimum Gasteiger partial charge on any atom is -0.354 e. The molecular weight excluding hydrogens is 322 g/mol. The van der Waals surface area contributed by atoms with Crippen LogP contribution in [0.15, 0.2) is 29.3 Å². The van der Waals surface area contributed by atoms with Crippen LogP contribution in [0.3, 0.4) is 0 Å². The van der Waals surface area contributed by atoms with Gasteiger partial charge in [-0.3, -0.25) is 4.99 Å². The summed E-state index contributed by atoms with van der Waals surface area (Å²) in [5.41, 5.74) is 2.63. The molecule has 1 aliphatic heterocycles. The molecule has 146 valence electrons. The lowest BCUT2D eigenvalue weighted by Gasteiger charge is -2.33. The van der Waals surface area contributed by atoms with Crippen LogP contribution in [0.5, 0.6) is 0 Å². The Morgan fingerprint density at radius 1 is 1.23 bits per heavy atom. The molecular formula is C21H37N5. The molecule has 0 aliphatic carbocycles. The van der Waals surface area contributed by atoms with Crippen LogP contribution in [0.25, 0.3) is 0 Å². The third-order valence-corrected chi connectivity index (χ3v) is 5.24. The zero-order chi connectivity index (χ0) is 18.9. The van der Waals surface area contributed by atoms with Crippen LogP contribution in [0.1, 0.15) is 43.4 Å². The van der Waals surface area contributed by atoms with Crippen LogP contribution in [0, 0.1) is 6.92 Å². The van der Waals surface area contributed by atoms with Crippen LogP contribution < -0.4 is 10.6 Å². The first-order valence-electron chi connectivity index (χ1n) is 9.96. The van der Waals surface area contributed by atoms with Gasteiger partial charge in [0.25, 0.3) is 0 Å². The van der Waals surface area contributed by atoms with Crippen molar-refractivity contribution in [3.8, 4) is 0 Å². The van der Waals surface area contributed by atoms with Crippen molar-refractivity contribution in [2.75, 3.05) is 47.3 Å². The molecule has 1 unspecified atom stereocenters. The van der Waals surface area contributed by atoms with E-state index in [2.05, 4.69) is 77.6 Å². The van der Waals surface area contributed by atoms with Gasteiger partial charge in [-0.1, -0.05) is 36.8 Å². The number of aliphatic imine (C=N–C) groups is 1. The molecule has 0 amide bonds. The molecule has 1 aromatic carbocycles. The minimum atomic E-state index is 0.320. The summed E-state index contributed by atoms with van der Waals surface area (Å²) in [5.74, 6) is 0.915. The van der Waals surface area contributed by atoms with E-state index in [0.29, 0.717) is 12.1 Å². The van der Waals surface area contributed by atoms with Crippen molar-refractivity contribution in [2.45, 2.75) is 45.2 Å². The Balaban J connectivity index is 1.86. The van der Waals surface area contributed by atoms with Crippen LogP contribution in [-0.2, 0) is 0 Å². The average molecular weight is 360 g/mol. The molecule has 1 atom stereocenters. The van der Waals surface area contributed by atoms with Gasteiger partial charge < -0.3 is 20.4 Å². The lowest BCUT2D eigenvalue weighted by Crippen LogP contribution is -2.49. The summed E-state index contributed by atoms with van der Waals surface area (Å²) < 4.78 is 0. The Kier molecular flexibility index (Phi) is 8.39. The number of nitrogens with one attached hydrogen (secondary N) is 2. The van der Waals surface area contributed by atoms with Crippen molar-refractivity contribution in [2.24, 2.45) is 4.99 Å². The summed E-state index contributed by atoms with van der Waals surface area (Å²) in [6.45, 7) is 8.82. The average Bonchev–Trinajstić information content (AvgIpc) is 2.63. The molecule has 0 bridgehead atoms. The Bertz CT molecular complexity index is 544. The molecule has 0 saturated carbocycles. The molecule has 1 saturated heterocycles. The van der Waals surface area contributed by atoms with Crippen LogP contribution in [0.4, 0.5) is 0 Å². The van der Waals surface area contributed by atoms with Crippen LogP contribution >= 0.6 is 0 Å². The fourth-order valence-electron chi connectivity index (χ4n) is 3.59. The van der Waals surface area contributed by atoms with Gasteiger partial charge in [0, 0.05) is 32.7 Å². The van der Waals surface area contributed by atoms with Crippen LogP contribution in [-0.4, -0.2) is 69.1 Å². The minimum absolute atomic E-state index is 0.320. The number of guanidine groups is 1. The summed E-state index contributed by atoms with van der Waals surface area (Å²) in [7, 11) is 6.12. The highest BCUT2D eigenvalue weighted by molar-refractivity contribution is 5.80. The number of hydrogen-bond acceptors (Lipinski definition) is 3. The number of benzene rings is 1. The largest absolute Gasteiger partial charge is 0.354 e. The second-order valence-corrected chi connectivity index (χ2v) is 7.60. The third-order valence-electron chi connectivity index (χ3n) is 5.24. The maximum absolute atomic E-state index is 4.44. The van der Waals surface area contributed by atoms with Gasteiger partial charge in [-0.15, -0.1) is 0 Å². The number of likely N-dealkylation sites (tertiary alicyclic amines) is 1. The smallest absolute Gasteiger partial charge is 0.191 e. The molecule has 1 heterocycles. The van der Waals surface area contributed by atoms with Crippen molar-refractivity contribution in [3.05, 3.63) is 35.4 Å². The van der Waals surface area contributed by atoms with Gasteiger partial charge in [0.2, 0.25) is 0 Å². The van der Waals surface area contributed by atoms with E-state index in [1.54, 1.807) is 0 Å². The third kappa shape index (κ3) is 6.29. The summed E-state index contributed by atoms with van der Waals surface area (Å²) in [4.78, 5) is 9.26. The molecule has 2 rings (SSSR count). The van der Waals surface area contributed by atoms with E-state index in [4.69, 9.17) is 0 Å². The van der Waals surface area contributed by atoms with Gasteiger partial charge in [-0.25, -0.2) is 0 Å². The summed E-state index contributed by atoms with van der Waals surface area (Å²) in [6.07, 6.45) is 3.62. The lowest BCUT2D eigenvalue weighted by molar-refractivity contribution is 0.206. The number of piperidine rings is 1. The van der Waals surface area contributed by atoms with E-state index in [9.17, 15) is 0 Å². The monoisotopic (exact) mass is 359 g/mol. The highest BCUT2D eigenvalue weighted by Gasteiger charge is 2.20. The zero-order valence-corrected chi connectivity index (χ0v) is 17.3. The van der Waals surface area contributed by atoms with E-state index in [-0.39, 0.29) is 0 Å². The highest BCUT2D eigenvalue weighted by Crippen LogP contribution is 2.18. The van der Waals surface area contributed by atoms with Gasteiger partial charge in [-0.2, -0.15) is 0 Å². The van der Waals surface area contributed by atoms with Crippen LogP contribution in [0.2, 0.25) is 0 Å². The van der Waals surface area contributed by atoms with Gasteiger partial charge in [0.15, 0.2) is 5.96 Å². The Morgan fingerprint density at radius 2 is 1.88 bits per heavy atom. The van der Waals surface area contributed by atoms with E-state index in [1.807, 2.05) is 7.05 Å². The second kappa shape index (κ2) is 10.5. The first-order chi connectivity index (χ1) is 12.5. The van der Waals surface area contributed by atoms with Gasteiger partial charge in [0.1, 0.15) is 0 Å². The molecule has 1 aromatic rings. The maximum Gasteiger partial charge on any atom is 0.191 e. The number of nitrogens with zero attached hydrogens (tertiary/aromatic N) is 3. The topological polar surface area (TPSA) is 42.9 Å². The van der Waals surface area contributed by atoms with E-state index in [0.717, 1.165) is 12.5 Å². The first-order valence-corrected chi connectivity index (χ1v) is 9.96. The molecule has 1 fully saturated rings. The van der Waals surface area contributed by atoms with Crippen molar-refractivity contribution >= 4 is 5.96 Å². The molecule has 5 heteroatoms. The SMILES string of the molecule is CCCN1CCC(NC(=NC)NCC(c2ccc(C)cc2)N(C)C)CC1. The fraction of sp³-hybridized carbons (Fsp3) is 0.667. The van der Waals surface area contributed by atoms with Crippen molar-refractivity contribution in [3.63, 3.8) is 0 Å². The Morgan fingerprint density at radius 3 is 2.42 bits per heavy atom. The number of aryl methyl sites for hydroxylation is 1. The molecule has 1 aliphatic rings. The molecule has 0 aromatic heterocycles. The van der Waals surface area contributed by atoms with Crippen molar-refractivity contribution < 1.29 is 0 Å². The van der Waals surface area contributed by atoms with E-state index < -0.39 is 0 Å². The highest BCUT2D eigenvalue weighted by atomic mass is 15.2. The quantitative estimate of drug-likeness (QED) is 0.580. The Labute approximate surface area is 159 Å². The standard InChI is InChI=1S/C21H37N5/c1-6-13-26-14-11-19(12-15-26)24-21(22-3)23-16-20(25(4)5)18-9-7-17(2)8-10-18/h7-10,19-20H,6,11-16H2,1-5H3,(H2,22,23,24). The van der Waals surface area contributed by atoms with Gasteiger partial charge >= 0.3 is 0 Å². The van der Waals surface area contributed by atoms with Gasteiger partial charge in [0.05, 0.1) is 6.04 Å². The lowest BCUT2D eigenvalue weighted by atomic mass is 10.0. The predicted molar refractivity (Wildman–Crippen MR) is 112 cm³/mol. The van der Waals surface area contributed by atoms with Crippen molar-refractivity contribution in [1.82, 2.24) is 20.4 Å². The number of rotatable bonds is 7. The molecule has 0 spiro atoms. The molecule has 26 heavy (non-hydrogen) atoms. The molecule has 0 radical (unpaired) electrons. The fourth-order valence-corrected chi connectivity index (χ4v) is 3.59. The van der Waals surface area contributed by atoms with E-state index in [1.165, 1.54) is 50.0 Å².